The second-order valence-corrected chi connectivity index (χ2v) is 8.77. The molecule has 3 heterocycles. The van der Waals surface area contributed by atoms with Crippen LogP contribution >= 0.6 is 0 Å². The van der Waals surface area contributed by atoms with Crippen molar-refractivity contribution < 1.29 is 14.7 Å². The lowest BCUT2D eigenvalue weighted by atomic mass is 9.95. The number of aryl methyl sites for hydroxylation is 2. The summed E-state index contributed by atoms with van der Waals surface area (Å²) < 4.78 is 1.64. The number of pyridine rings is 1. The fraction of sp³-hybridized carbons (Fsp3) is 0.480. The minimum Gasteiger partial charge on any atom is -0.396 e. The molecule has 1 N–H and O–H groups in total. The minimum absolute atomic E-state index is 0.0834. The molecule has 2 aromatic rings. The van der Waals surface area contributed by atoms with Crippen LogP contribution in [0.2, 0.25) is 0 Å². The Kier molecular flexibility index (Phi) is 6.74. The maximum Gasteiger partial charge on any atom is 0.263 e. The maximum atomic E-state index is 13.5. The van der Waals surface area contributed by atoms with Crippen LogP contribution in [0.15, 0.2) is 41.3 Å². The van der Waals surface area contributed by atoms with E-state index in [1.807, 2.05) is 48.4 Å². The second kappa shape index (κ2) is 9.69. The van der Waals surface area contributed by atoms with Crippen LogP contribution in [0.4, 0.5) is 0 Å². The standard InChI is InChI=1S/C25H31N3O4/c1-18-6-5-12-28(18)25(32)23-21-10-14-26(22(30)11-15-29)16-20(21)17-27(24(23)31)13-9-19-7-3-2-4-8-19/h2-4,7-8,17-18,29H,5-6,9-16H2,1H3. The Hall–Kier alpha value is -2.93. The molecule has 4 rings (SSSR count). The summed E-state index contributed by atoms with van der Waals surface area (Å²) in [4.78, 5) is 42.9. The molecule has 1 aromatic heterocycles. The van der Waals surface area contributed by atoms with Gasteiger partial charge in [0.25, 0.3) is 11.5 Å². The number of nitrogens with zero attached hydrogens (tertiary/aromatic N) is 3. The molecule has 2 amide bonds. The predicted octanol–water partition coefficient (Wildman–Crippen LogP) is 1.98. The second-order valence-electron chi connectivity index (χ2n) is 8.77. The third-order valence-corrected chi connectivity index (χ3v) is 6.66. The van der Waals surface area contributed by atoms with Gasteiger partial charge in [0.05, 0.1) is 6.61 Å². The zero-order chi connectivity index (χ0) is 22.7. The summed E-state index contributed by atoms with van der Waals surface area (Å²) in [6.07, 6.45) is 4.97. The van der Waals surface area contributed by atoms with Crippen LogP contribution in [-0.2, 0) is 30.7 Å². The number of amides is 2. The van der Waals surface area contributed by atoms with Gasteiger partial charge in [-0.3, -0.25) is 14.4 Å². The molecule has 0 bridgehead atoms. The Morgan fingerprint density at radius 1 is 1.16 bits per heavy atom. The number of hydrogen-bond acceptors (Lipinski definition) is 4. The lowest BCUT2D eigenvalue weighted by molar-refractivity contribution is -0.132. The van der Waals surface area contributed by atoms with Crippen molar-refractivity contribution in [3.05, 3.63) is 69.1 Å². The van der Waals surface area contributed by atoms with Gasteiger partial charge in [0, 0.05) is 44.8 Å². The van der Waals surface area contributed by atoms with E-state index in [9.17, 15) is 14.4 Å². The highest BCUT2D eigenvalue weighted by Gasteiger charge is 2.33. The van der Waals surface area contributed by atoms with Gasteiger partial charge in [0.15, 0.2) is 0 Å². The lowest BCUT2D eigenvalue weighted by Crippen LogP contribution is -2.43. The summed E-state index contributed by atoms with van der Waals surface area (Å²) in [5, 5.41) is 9.14. The molecule has 0 aliphatic carbocycles. The van der Waals surface area contributed by atoms with Crippen LogP contribution in [0.25, 0.3) is 0 Å². The predicted molar refractivity (Wildman–Crippen MR) is 121 cm³/mol. The summed E-state index contributed by atoms with van der Waals surface area (Å²) in [6.45, 7) is 3.80. The van der Waals surface area contributed by atoms with E-state index in [-0.39, 0.29) is 42.0 Å². The highest BCUT2D eigenvalue weighted by atomic mass is 16.3. The van der Waals surface area contributed by atoms with Crippen molar-refractivity contribution in [1.29, 1.82) is 0 Å². The summed E-state index contributed by atoms with van der Waals surface area (Å²) >= 11 is 0. The van der Waals surface area contributed by atoms with Gasteiger partial charge in [-0.25, -0.2) is 0 Å². The van der Waals surface area contributed by atoms with Crippen molar-refractivity contribution in [3.8, 4) is 0 Å². The average molecular weight is 438 g/mol. The monoisotopic (exact) mass is 437 g/mol. The number of carbonyl (C=O) groups is 2. The molecule has 0 saturated carbocycles. The number of benzene rings is 1. The molecular weight excluding hydrogens is 406 g/mol. The summed E-state index contributed by atoms with van der Waals surface area (Å²) in [6, 6.07) is 10.1. The Morgan fingerprint density at radius 3 is 2.62 bits per heavy atom. The molecule has 1 unspecified atom stereocenters. The highest BCUT2D eigenvalue weighted by molar-refractivity contribution is 5.96. The highest BCUT2D eigenvalue weighted by Crippen LogP contribution is 2.25. The van der Waals surface area contributed by atoms with Gasteiger partial charge in [-0.1, -0.05) is 30.3 Å². The van der Waals surface area contributed by atoms with Crippen LogP contribution in [0.5, 0.6) is 0 Å². The van der Waals surface area contributed by atoms with Gasteiger partial charge >= 0.3 is 0 Å². The molecule has 1 saturated heterocycles. The fourth-order valence-electron chi connectivity index (χ4n) is 4.84. The summed E-state index contributed by atoms with van der Waals surface area (Å²) in [7, 11) is 0. The SMILES string of the molecule is CC1CCCN1C(=O)c1c2c(cn(CCc3ccccc3)c1=O)CN(C(=O)CCO)CC2. The van der Waals surface area contributed by atoms with Crippen LogP contribution in [-0.4, -0.2) is 57.0 Å². The number of aromatic nitrogens is 1. The molecule has 1 atom stereocenters. The van der Waals surface area contributed by atoms with Crippen molar-refractivity contribution in [2.45, 2.75) is 58.2 Å². The van der Waals surface area contributed by atoms with Crippen molar-refractivity contribution >= 4 is 11.8 Å². The van der Waals surface area contributed by atoms with Crippen LogP contribution in [0.3, 0.4) is 0 Å². The molecule has 0 spiro atoms. The van der Waals surface area contributed by atoms with E-state index >= 15 is 0 Å². The summed E-state index contributed by atoms with van der Waals surface area (Å²) in [5.41, 5.74) is 2.80. The molecule has 32 heavy (non-hydrogen) atoms. The number of aliphatic hydroxyl groups excluding tert-OH is 1. The number of hydrogen-bond donors (Lipinski definition) is 1. The summed E-state index contributed by atoms with van der Waals surface area (Å²) in [5.74, 6) is -0.290. The fourth-order valence-corrected chi connectivity index (χ4v) is 4.84. The normalized spacial score (nSPS) is 18.0. The van der Waals surface area contributed by atoms with Gasteiger partial charge in [0.1, 0.15) is 5.56 Å². The average Bonchev–Trinajstić information content (AvgIpc) is 3.23. The van der Waals surface area contributed by atoms with E-state index in [1.54, 1.807) is 9.47 Å². The quantitative estimate of drug-likeness (QED) is 0.749. The molecule has 2 aliphatic rings. The minimum atomic E-state index is -0.237. The third kappa shape index (κ3) is 4.48. The number of fused-ring (bicyclic) bond motifs is 1. The molecule has 7 heteroatoms. The van der Waals surface area contributed by atoms with E-state index < -0.39 is 0 Å². The van der Waals surface area contributed by atoms with Crippen molar-refractivity contribution in [2.75, 3.05) is 19.7 Å². The van der Waals surface area contributed by atoms with Gasteiger partial charge < -0.3 is 19.5 Å². The van der Waals surface area contributed by atoms with Gasteiger partial charge in [-0.2, -0.15) is 0 Å². The van der Waals surface area contributed by atoms with E-state index in [1.165, 1.54) is 0 Å². The van der Waals surface area contributed by atoms with Crippen molar-refractivity contribution in [3.63, 3.8) is 0 Å². The first-order valence-corrected chi connectivity index (χ1v) is 11.5. The zero-order valence-electron chi connectivity index (χ0n) is 18.6. The van der Waals surface area contributed by atoms with E-state index in [4.69, 9.17) is 5.11 Å². The van der Waals surface area contributed by atoms with Crippen LogP contribution in [0.1, 0.15) is 53.2 Å². The Bertz CT molecular complexity index is 1050. The number of carbonyl (C=O) groups excluding carboxylic acids is 2. The third-order valence-electron chi connectivity index (χ3n) is 6.66. The number of rotatable bonds is 6. The maximum absolute atomic E-state index is 13.5. The first-order valence-electron chi connectivity index (χ1n) is 11.5. The molecule has 1 fully saturated rings. The Morgan fingerprint density at radius 2 is 1.94 bits per heavy atom. The van der Waals surface area contributed by atoms with E-state index in [0.717, 1.165) is 29.5 Å². The molecule has 2 aliphatic heterocycles. The topological polar surface area (TPSA) is 82.9 Å². The van der Waals surface area contributed by atoms with Crippen molar-refractivity contribution in [2.24, 2.45) is 0 Å². The van der Waals surface area contributed by atoms with Crippen molar-refractivity contribution in [1.82, 2.24) is 14.4 Å². The zero-order valence-corrected chi connectivity index (χ0v) is 18.6. The Labute approximate surface area is 188 Å². The van der Waals surface area contributed by atoms with Crippen LogP contribution in [0, 0.1) is 0 Å². The number of likely N-dealkylation sites (tertiary alicyclic amines) is 1. The van der Waals surface area contributed by atoms with Gasteiger partial charge in [-0.05, 0) is 49.3 Å². The largest absolute Gasteiger partial charge is 0.396 e. The number of aliphatic hydroxyl groups is 1. The molecular formula is C25H31N3O4. The van der Waals surface area contributed by atoms with Gasteiger partial charge in [0.2, 0.25) is 5.91 Å². The van der Waals surface area contributed by atoms with Crippen LogP contribution < -0.4 is 5.56 Å². The molecule has 170 valence electrons. The van der Waals surface area contributed by atoms with E-state index in [0.29, 0.717) is 39.0 Å². The molecule has 1 aromatic carbocycles. The lowest BCUT2D eigenvalue weighted by Gasteiger charge is -2.31. The molecule has 7 nitrogen and oxygen atoms in total. The Balaban J connectivity index is 1.70. The van der Waals surface area contributed by atoms with Gasteiger partial charge in [-0.15, -0.1) is 0 Å². The smallest absolute Gasteiger partial charge is 0.263 e. The first kappa shape index (κ1) is 22.3. The molecule has 0 radical (unpaired) electrons. The first-order chi connectivity index (χ1) is 15.5. The van der Waals surface area contributed by atoms with E-state index in [2.05, 4.69) is 0 Å².